The van der Waals surface area contributed by atoms with Crippen LogP contribution in [-0.4, -0.2) is 34.4 Å². The van der Waals surface area contributed by atoms with Gasteiger partial charge in [-0.05, 0) is 12.1 Å². The number of aromatic amines is 1. The fourth-order valence-corrected chi connectivity index (χ4v) is 2.17. The van der Waals surface area contributed by atoms with Crippen LogP contribution in [0.1, 0.15) is 20.8 Å². The number of carbonyl (C=O) groups is 2. The highest BCUT2D eigenvalue weighted by Gasteiger charge is 2.26. The number of carbonyl (C=O) groups excluding carboxylic acids is 1. The predicted molar refractivity (Wildman–Crippen MR) is 67.5 cm³/mol. The van der Waals surface area contributed by atoms with E-state index in [2.05, 4.69) is 10.2 Å². The Kier molecular flexibility index (Phi) is 2.83. The monoisotopic (exact) mass is 294 g/mol. The highest BCUT2D eigenvalue weighted by Crippen LogP contribution is 2.45. The van der Waals surface area contributed by atoms with Gasteiger partial charge < -0.3 is 14.6 Å². The van der Waals surface area contributed by atoms with Crippen LogP contribution < -0.4 is 9.47 Å². The number of fused-ring (bicyclic) bond motifs is 1. The first-order valence-corrected chi connectivity index (χ1v) is 5.86. The third-order valence-corrected chi connectivity index (χ3v) is 3.15. The number of hydrogen-bond donors (Lipinski definition) is 2. The molecule has 20 heavy (non-hydrogen) atoms. The molecule has 0 amide bonds. The zero-order chi connectivity index (χ0) is 14.3. The molecule has 0 saturated heterocycles. The Bertz CT molecular complexity index is 725. The molecule has 7 nitrogen and oxygen atoms in total. The third-order valence-electron chi connectivity index (χ3n) is 2.83. The van der Waals surface area contributed by atoms with E-state index in [0.29, 0.717) is 23.3 Å². The van der Waals surface area contributed by atoms with Gasteiger partial charge in [-0.15, -0.1) is 0 Å². The molecular formula is C12H7ClN2O5. The Balaban J connectivity index is 2.19. The molecule has 0 radical (unpaired) electrons. The zero-order valence-electron chi connectivity index (χ0n) is 9.84. The maximum atomic E-state index is 11.0. The quantitative estimate of drug-likeness (QED) is 0.839. The minimum Gasteiger partial charge on any atom is -0.477 e. The van der Waals surface area contributed by atoms with Crippen molar-refractivity contribution >= 4 is 23.9 Å². The molecule has 1 aliphatic heterocycles. The molecule has 1 aromatic carbocycles. The lowest BCUT2D eigenvalue weighted by Gasteiger charge is -2.06. The molecule has 2 heterocycles. The summed E-state index contributed by atoms with van der Waals surface area (Å²) in [7, 11) is 0. The Morgan fingerprint density at radius 2 is 2.15 bits per heavy atom. The van der Waals surface area contributed by atoms with Crippen molar-refractivity contribution in [1.29, 1.82) is 0 Å². The van der Waals surface area contributed by atoms with E-state index < -0.39 is 5.97 Å². The van der Waals surface area contributed by atoms with Crippen LogP contribution in [-0.2, 0) is 0 Å². The number of halogens is 1. The molecule has 0 spiro atoms. The number of carboxylic acid groups (broad SMARTS) is 1. The summed E-state index contributed by atoms with van der Waals surface area (Å²) in [5.74, 6) is -0.574. The Morgan fingerprint density at radius 3 is 2.80 bits per heavy atom. The molecular weight excluding hydrogens is 288 g/mol. The van der Waals surface area contributed by atoms with Crippen molar-refractivity contribution in [2.45, 2.75) is 0 Å². The maximum absolute atomic E-state index is 11.0. The van der Waals surface area contributed by atoms with Gasteiger partial charge in [0.1, 0.15) is 5.69 Å². The number of nitrogens with zero attached hydrogens (tertiary/aromatic N) is 1. The highest BCUT2D eigenvalue weighted by molar-refractivity contribution is 6.33. The number of nitrogens with one attached hydrogen (secondary N) is 1. The number of aromatic nitrogens is 2. The van der Waals surface area contributed by atoms with Crippen LogP contribution >= 0.6 is 11.6 Å². The van der Waals surface area contributed by atoms with Gasteiger partial charge in [-0.3, -0.25) is 9.89 Å². The van der Waals surface area contributed by atoms with Crippen LogP contribution in [0, 0.1) is 0 Å². The van der Waals surface area contributed by atoms with Crippen molar-refractivity contribution in [2.24, 2.45) is 0 Å². The summed E-state index contributed by atoms with van der Waals surface area (Å²) in [4.78, 5) is 21.9. The highest BCUT2D eigenvalue weighted by atomic mass is 35.5. The van der Waals surface area contributed by atoms with Crippen LogP contribution in [0.3, 0.4) is 0 Å². The van der Waals surface area contributed by atoms with Crippen LogP contribution in [0.4, 0.5) is 0 Å². The lowest BCUT2D eigenvalue weighted by molar-refractivity contribution is 0.0690. The maximum Gasteiger partial charge on any atom is 0.353 e. The first-order chi connectivity index (χ1) is 9.61. The molecule has 3 rings (SSSR count). The number of H-pyrrole nitrogens is 1. The summed E-state index contributed by atoms with van der Waals surface area (Å²) in [5.41, 5.74) is 0.917. The molecule has 2 N–H and O–H groups in total. The molecule has 1 aromatic heterocycles. The lowest BCUT2D eigenvalue weighted by atomic mass is 10.1. The molecule has 0 aliphatic carbocycles. The number of aromatic carboxylic acids is 1. The number of aldehydes is 1. The van der Waals surface area contributed by atoms with E-state index in [1.54, 1.807) is 0 Å². The van der Waals surface area contributed by atoms with Crippen LogP contribution in [0.2, 0.25) is 5.02 Å². The lowest BCUT2D eigenvalue weighted by Crippen LogP contribution is -1.95. The van der Waals surface area contributed by atoms with Crippen molar-refractivity contribution < 1.29 is 24.2 Å². The fourth-order valence-electron chi connectivity index (χ4n) is 1.93. The SMILES string of the molecule is O=Cc1c(Cl)cc(-c2cc(C(=O)O)[nH]n2)c2c1OCO2. The summed E-state index contributed by atoms with van der Waals surface area (Å²) >= 11 is 6.01. The summed E-state index contributed by atoms with van der Waals surface area (Å²) in [6.45, 7) is -0.0419. The van der Waals surface area contributed by atoms with Crippen LogP contribution in [0.25, 0.3) is 11.3 Å². The van der Waals surface area contributed by atoms with E-state index in [-0.39, 0.29) is 28.8 Å². The Hall–Kier alpha value is -2.54. The average molecular weight is 295 g/mol. The van der Waals surface area contributed by atoms with Crippen molar-refractivity contribution in [3.05, 3.63) is 28.4 Å². The van der Waals surface area contributed by atoms with E-state index in [4.69, 9.17) is 26.2 Å². The molecule has 0 atom stereocenters. The largest absolute Gasteiger partial charge is 0.477 e. The second kappa shape index (κ2) is 4.53. The van der Waals surface area contributed by atoms with E-state index in [1.807, 2.05) is 0 Å². The van der Waals surface area contributed by atoms with E-state index >= 15 is 0 Å². The summed E-state index contributed by atoms with van der Waals surface area (Å²) in [6, 6.07) is 2.83. The van der Waals surface area contributed by atoms with Crippen LogP contribution in [0.15, 0.2) is 12.1 Å². The van der Waals surface area contributed by atoms with E-state index in [9.17, 15) is 9.59 Å². The smallest absolute Gasteiger partial charge is 0.353 e. The summed E-state index contributed by atoms with van der Waals surface area (Å²) in [6.07, 6.45) is 0.576. The molecule has 102 valence electrons. The third kappa shape index (κ3) is 1.79. The number of carboxylic acids is 1. The van der Waals surface area contributed by atoms with E-state index in [1.165, 1.54) is 12.1 Å². The summed E-state index contributed by atoms with van der Waals surface area (Å²) in [5, 5.41) is 15.3. The van der Waals surface area contributed by atoms with E-state index in [0.717, 1.165) is 0 Å². The van der Waals surface area contributed by atoms with Crippen molar-refractivity contribution in [3.8, 4) is 22.8 Å². The van der Waals surface area contributed by atoms with Gasteiger partial charge in [-0.1, -0.05) is 11.6 Å². The molecule has 2 aromatic rings. The molecule has 0 saturated carbocycles. The Labute approximate surface area is 117 Å². The normalized spacial score (nSPS) is 12.4. The molecule has 0 unspecified atom stereocenters. The number of benzene rings is 1. The van der Waals surface area contributed by atoms with Gasteiger partial charge >= 0.3 is 5.97 Å². The van der Waals surface area contributed by atoms with Gasteiger partial charge in [-0.2, -0.15) is 5.10 Å². The van der Waals surface area contributed by atoms with Gasteiger partial charge in [0.15, 0.2) is 17.8 Å². The summed E-state index contributed by atoms with van der Waals surface area (Å²) < 4.78 is 10.5. The number of ether oxygens (including phenoxy) is 2. The van der Waals surface area contributed by atoms with Gasteiger partial charge in [-0.25, -0.2) is 4.79 Å². The standard InChI is InChI=1S/C12H7ClN2O5/c13-7-1-5(8-2-9(12(17)18)15-14-8)10-11(6(7)3-16)20-4-19-10/h1-3H,4H2,(H,14,15)(H,17,18). The molecule has 1 aliphatic rings. The molecule has 0 bridgehead atoms. The minimum absolute atomic E-state index is 0.0419. The first-order valence-electron chi connectivity index (χ1n) is 5.48. The van der Waals surface area contributed by atoms with Crippen LogP contribution in [0.5, 0.6) is 11.5 Å². The molecule has 0 fully saturated rings. The second-order valence-corrected chi connectivity index (χ2v) is 4.38. The van der Waals surface area contributed by atoms with Crippen molar-refractivity contribution in [3.63, 3.8) is 0 Å². The van der Waals surface area contributed by atoms with Gasteiger partial charge in [0.25, 0.3) is 0 Å². The van der Waals surface area contributed by atoms with Crippen molar-refractivity contribution in [2.75, 3.05) is 6.79 Å². The minimum atomic E-state index is -1.13. The second-order valence-electron chi connectivity index (χ2n) is 3.97. The van der Waals surface area contributed by atoms with Gasteiger partial charge in [0, 0.05) is 5.56 Å². The topological polar surface area (TPSA) is 102 Å². The predicted octanol–water partition coefficient (Wildman–Crippen LogP) is 1.97. The van der Waals surface area contributed by atoms with Crippen molar-refractivity contribution in [1.82, 2.24) is 10.2 Å². The Morgan fingerprint density at radius 1 is 1.40 bits per heavy atom. The fraction of sp³-hybridized carbons (Fsp3) is 0.0833. The van der Waals surface area contributed by atoms with Gasteiger partial charge in [0.2, 0.25) is 6.79 Å². The number of rotatable bonds is 3. The average Bonchev–Trinajstić information content (AvgIpc) is 3.06. The number of hydrogen-bond acceptors (Lipinski definition) is 5. The first kappa shape index (κ1) is 12.5. The van der Waals surface area contributed by atoms with Gasteiger partial charge in [0.05, 0.1) is 16.3 Å². The zero-order valence-corrected chi connectivity index (χ0v) is 10.6. The molecule has 8 heteroatoms.